The first kappa shape index (κ1) is 20.3. The number of aryl methyl sites for hydroxylation is 1. The number of imidazole rings is 1. The molecule has 2 aromatic rings. The molecule has 0 saturated carbocycles. The molecule has 1 unspecified atom stereocenters. The number of para-hydroxylation sites is 1. The van der Waals surface area contributed by atoms with E-state index < -0.39 is 6.23 Å². The lowest BCUT2D eigenvalue weighted by Gasteiger charge is -2.30. The van der Waals surface area contributed by atoms with Crippen LogP contribution in [0.5, 0.6) is 0 Å². The van der Waals surface area contributed by atoms with Gasteiger partial charge in [0.1, 0.15) is 17.7 Å². The largest absolute Gasteiger partial charge is 0.375 e. The maximum atomic E-state index is 12.8. The second-order valence-corrected chi connectivity index (χ2v) is 7.25. The topological polar surface area (TPSA) is 73.6 Å². The average Bonchev–Trinajstić information content (AvgIpc) is 3.11. The molecule has 1 amide bonds. The Labute approximate surface area is 166 Å². The predicted octanol–water partition coefficient (Wildman–Crippen LogP) is 1.95. The quantitative estimate of drug-likeness (QED) is 0.715. The van der Waals surface area contributed by atoms with Crippen molar-refractivity contribution in [3.63, 3.8) is 0 Å². The van der Waals surface area contributed by atoms with E-state index in [0.717, 1.165) is 30.0 Å². The fourth-order valence-corrected chi connectivity index (χ4v) is 3.34. The summed E-state index contributed by atoms with van der Waals surface area (Å²) in [6, 6.07) is 7.83. The highest BCUT2D eigenvalue weighted by Gasteiger charge is 2.25. The number of aliphatic hydroxyl groups is 1. The summed E-state index contributed by atoms with van der Waals surface area (Å²) in [5.74, 6) is 0.639. The van der Waals surface area contributed by atoms with Gasteiger partial charge in [-0.15, -0.1) is 0 Å². The number of anilines is 1. The number of rotatable bonds is 7. The normalized spacial score (nSPS) is 15.8. The lowest BCUT2D eigenvalue weighted by atomic mass is 10.1. The predicted molar refractivity (Wildman–Crippen MR) is 110 cm³/mol. The molecule has 1 aliphatic heterocycles. The van der Waals surface area contributed by atoms with E-state index in [1.54, 1.807) is 12.3 Å². The minimum Gasteiger partial charge on any atom is -0.375 e. The second-order valence-electron chi connectivity index (χ2n) is 7.25. The van der Waals surface area contributed by atoms with Crippen LogP contribution in [0.4, 0.5) is 5.69 Å². The molecule has 1 aromatic heterocycles. The van der Waals surface area contributed by atoms with Gasteiger partial charge in [0.15, 0.2) is 0 Å². The van der Waals surface area contributed by atoms with E-state index >= 15 is 0 Å². The molecule has 28 heavy (non-hydrogen) atoms. The second kappa shape index (κ2) is 9.14. The van der Waals surface area contributed by atoms with Crippen LogP contribution in [-0.2, 0) is 19.5 Å². The van der Waals surface area contributed by atoms with Crippen molar-refractivity contribution >= 4 is 11.6 Å². The zero-order chi connectivity index (χ0) is 20.1. The van der Waals surface area contributed by atoms with E-state index in [1.807, 2.05) is 58.8 Å². The van der Waals surface area contributed by atoms with E-state index in [9.17, 15) is 9.90 Å². The maximum absolute atomic E-state index is 12.8. The van der Waals surface area contributed by atoms with Crippen molar-refractivity contribution < 1.29 is 9.90 Å². The van der Waals surface area contributed by atoms with Gasteiger partial charge < -0.3 is 19.9 Å². The fourth-order valence-electron chi connectivity index (χ4n) is 3.34. The fraction of sp³-hybridized carbons (Fsp3) is 0.429. The number of fused-ring (bicyclic) bond motifs is 1. The summed E-state index contributed by atoms with van der Waals surface area (Å²) in [6.07, 6.45) is 5.58. The molecular formula is C21H29N5O2. The van der Waals surface area contributed by atoms with Crippen LogP contribution < -0.4 is 5.32 Å². The molecule has 150 valence electrons. The third-order valence-corrected chi connectivity index (χ3v) is 4.93. The highest BCUT2D eigenvalue weighted by Crippen LogP contribution is 2.20. The minimum atomic E-state index is -0.654. The molecule has 0 saturated heterocycles. The highest BCUT2D eigenvalue weighted by molar-refractivity contribution is 6.03. The van der Waals surface area contributed by atoms with Gasteiger partial charge in [0.25, 0.3) is 5.91 Å². The Kier molecular flexibility index (Phi) is 6.61. The number of likely N-dealkylation sites (N-methyl/N-ethyl adjacent to an activating group) is 1. The highest BCUT2D eigenvalue weighted by atomic mass is 16.3. The van der Waals surface area contributed by atoms with Crippen LogP contribution >= 0.6 is 0 Å². The summed E-state index contributed by atoms with van der Waals surface area (Å²) in [6.45, 7) is 4.63. The molecule has 7 nitrogen and oxygen atoms in total. The average molecular weight is 383 g/mol. The molecule has 0 bridgehead atoms. The summed E-state index contributed by atoms with van der Waals surface area (Å²) in [4.78, 5) is 21.2. The summed E-state index contributed by atoms with van der Waals surface area (Å²) in [7, 11) is 3.97. The van der Waals surface area contributed by atoms with Crippen LogP contribution in [0.3, 0.4) is 0 Å². The summed E-state index contributed by atoms with van der Waals surface area (Å²) in [5.41, 5.74) is 2.50. The summed E-state index contributed by atoms with van der Waals surface area (Å²) < 4.78 is 1.94. The number of benzene rings is 1. The lowest BCUT2D eigenvalue weighted by molar-refractivity contribution is 0.0206. The zero-order valence-electron chi connectivity index (χ0n) is 16.8. The van der Waals surface area contributed by atoms with Crippen LogP contribution in [0.2, 0.25) is 0 Å². The van der Waals surface area contributed by atoms with Crippen LogP contribution in [0, 0.1) is 0 Å². The Morgan fingerprint density at radius 1 is 1.36 bits per heavy atom. The van der Waals surface area contributed by atoms with E-state index in [4.69, 9.17) is 0 Å². The first-order chi connectivity index (χ1) is 13.5. The van der Waals surface area contributed by atoms with Gasteiger partial charge in [-0.05, 0) is 38.2 Å². The van der Waals surface area contributed by atoms with Crippen LogP contribution in [0.25, 0.3) is 0 Å². The molecule has 0 fully saturated rings. The van der Waals surface area contributed by atoms with E-state index in [0.29, 0.717) is 25.3 Å². The molecule has 0 spiro atoms. The minimum absolute atomic E-state index is 0.153. The van der Waals surface area contributed by atoms with Crippen molar-refractivity contribution in [3.8, 4) is 0 Å². The van der Waals surface area contributed by atoms with Crippen LogP contribution in [0.15, 0.2) is 42.6 Å². The van der Waals surface area contributed by atoms with Crippen molar-refractivity contribution in [2.24, 2.45) is 0 Å². The van der Waals surface area contributed by atoms with Crippen molar-refractivity contribution in [2.75, 3.05) is 32.5 Å². The molecule has 7 heteroatoms. The molecule has 2 N–H and O–H groups in total. The number of hydrogen-bond acceptors (Lipinski definition) is 5. The Morgan fingerprint density at radius 3 is 2.89 bits per heavy atom. The van der Waals surface area contributed by atoms with Crippen molar-refractivity contribution in [2.45, 2.75) is 32.7 Å². The number of nitrogens with one attached hydrogen (secondary N) is 1. The Balaban J connectivity index is 1.68. The number of nitrogens with zero attached hydrogens (tertiary/aromatic N) is 4. The standard InChI is InChI=1S/C21H29N5O2/c1-4-16-8-5-6-9-17(16)23-21(28)18-14-22-19-15-25(12-13-26(18)19)20(27)10-7-11-24(2)3/h5-10,14,20,27H,4,11-13,15H2,1-3H3,(H,23,28)/b10-7+. The van der Waals surface area contributed by atoms with Crippen molar-refractivity contribution in [1.82, 2.24) is 19.4 Å². The third-order valence-electron chi connectivity index (χ3n) is 4.93. The third kappa shape index (κ3) is 4.67. The zero-order valence-corrected chi connectivity index (χ0v) is 16.8. The monoisotopic (exact) mass is 383 g/mol. The summed E-state index contributed by atoms with van der Waals surface area (Å²) in [5, 5.41) is 13.4. The van der Waals surface area contributed by atoms with Crippen LogP contribution in [-0.4, -0.2) is 63.8 Å². The van der Waals surface area contributed by atoms with E-state index in [2.05, 4.69) is 17.2 Å². The molecule has 1 aromatic carbocycles. The smallest absolute Gasteiger partial charge is 0.273 e. The molecule has 3 rings (SSSR count). The Morgan fingerprint density at radius 2 is 2.14 bits per heavy atom. The van der Waals surface area contributed by atoms with Gasteiger partial charge in [0.2, 0.25) is 0 Å². The summed E-state index contributed by atoms with van der Waals surface area (Å²) >= 11 is 0. The number of hydrogen-bond donors (Lipinski definition) is 2. The van der Waals surface area contributed by atoms with E-state index in [-0.39, 0.29) is 5.91 Å². The molecule has 1 aliphatic rings. The van der Waals surface area contributed by atoms with Gasteiger partial charge in [0, 0.05) is 25.3 Å². The van der Waals surface area contributed by atoms with Crippen LogP contribution in [0.1, 0.15) is 28.8 Å². The number of aromatic nitrogens is 2. The van der Waals surface area contributed by atoms with Crippen molar-refractivity contribution in [3.05, 3.63) is 59.7 Å². The van der Waals surface area contributed by atoms with Gasteiger partial charge >= 0.3 is 0 Å². The van der Waals surface area contributed by atoms with Gasteiger partial charge in [-0.1, -0.05) is 31.2 Å². The lowest BCUT2D eigenvalue weighted by Crippen LogP contribution is -2.41. The first-order valence-electron chi connectivity index (χ1n) is 9.66. The van der Waals surface area contributed by atoms with Gasteiger partial charge in [-0.25, -0.2) is 4.98 Å². The Bertz CT molecular complexity index is 843. The Hall–Kier alpha value is -2.48. The molecule has 0 aliphatic carbocycles. The number of carbonyl (C=O) groups is 1. The maximum Gasteiger partial charge on any atom is 0.273 e. The molecule has 0 radical (unpaired) electrons. The molecular weight excluding hydrogens is 354 g/mol. The SMILES string of the molecule is CCc1ccccc1NC(=O)c1cnc2n1CCN(C(O)/C=C/CN(C)C)C2. The van der Waals surface area contributed by atoms with Crippen molar-refractivity contribution in [1.29, 1.82) is 0 Å². The number of aliphatic hydroxyl groups excluding tert-OH is 1. The van der Waals surface area contributed by atoms with E-state index in [1.165, 1.54) is 0 Å². The van der Waals surface area contributed by atoms with Gasteiger partial charge in [-0.2, -0.15) is 0 Å². The number of amides is 1. The first-order valence-corrected chi connectivity index (χ1v) is 9.66. The molecule has 2 heterocycles. The molecule has 1 atom stereocenters. The van der Waals surface area contributed by atoms with Gasteiger partial charge in [0.05, 0.1) is 12.7 Å². The number of carbonyl (C=O) groups excluding carboxylic acids is 1. The van der Waals surface area contributed by atoms with Gasteiger partial charge in [-0.3, -0.25) is 9.69 Å².